The summed E-state index contributed by atoms with van der Waals surface area (Å²) >= 11 is 11.2. The van der Waals surface area contributed by atoms with E-state index in [1.165, 1.54) is 154 Å². The molecule has 0 bridgehead atoms. The van der Waals surface area contributed by atoms with Crippen molar-refractivity contribution in [2.45, 2.75) is 0 Å². The molecule has 8 heteroatoms. The number of thiophene rings is 6. The molecule has 0 aliphatic rings. The van der Waals surface area contributed by atoms with Crippen molar-refractivity contribution in [2.24, 2.45) is 0 Å². The van der Waals surface area contributed by atoms with E-state index in [0.717, 1.165) is 34.1 Å². The van der Waals surface area contributed by atoms with Crippen LogP contribution in [-0.2, 0) is 0 Å². The predicted octanol–water partition coefficient (Wildman–Crippen LogP) is 29.5. The Bertz CT molecular complexity index is 6430. The van der Waals surface area contributed by atoms with E-state index in [4.69, 9.17) is 0 Å². The first kappa shape index (κ1) is 57.5. The molecular weight excluding hydrogens is 1300 g/mol. The van der Waals surface area contributed by atoms with Crippen molar-refractivity contribution in [3.05, 3.63) is 328 Å². The molecule has 21 rings (SSSR count). The first-order valence-corrected chi connectivity index (χ1v) is 37.8. The molecule has 0 saturated heterocycles. The third kappa shape index (κ3) is 9.89. The van der Waals surface area contributed by atoms with Crippen molar-refractivity contribution in [3.8, 4) is 33.4 Å². The highest BCUT2D eigenvalue weighted by atomic mass is 32.1. The largest absolute Gasteiger partial charge is 0.310 e. The molecule has 0 aliphatic carbocycles. The summed E-state index contributed by atoms with van der Waals surface area (Å²) in [6, 6.07) is 121. The molecule has 21 aromatic rings. The van der Waals surface area contributed by atoms with Crippen molar-refractivity contribution in [3.63, 3.8) is 0 Å². The molecule has 6 heterocycles. The van der Waals surface area contributed by atoms with Gasteiger partial charge < -0.3 is 9.80 Å². The minimum atomic E-state index is 1.13. The van der Waals surface area contributed by atoms with Crippen molar-refractivity contribution in [1.82, 2.24) is 0 Å². The maximum Gasteiger partial charge on any atom is 0.0468 e. The van der Waals surface area contributed by atoms with Gasteiger partial charge in [0.2, 0.25) is 0 Å². The summed E-state index contributed by atoms with van der Waals surface area (Å²) in [4.78, 5) is 4.81. The average molecular weight is 1360 g/mol. The highest BCUT2D eigenvalue weighted by molar-refractivity contribution is 7.27. The lowest BCUT2D eigenvalue weighted by Crippen LogP contribution is -2.09. The second kappa shape index (κ2) is 23.5. The Morgan fingerprint density at radius 1 is 0.133 bits per heavy atom. The van der Waals surface area contributed by atoms with Gasteiger partial charge in [0.05, 0.1) is 0 Å². The summed E-state index contributed by atoms with van der Waals surface area (Å²) in [5, 5.41) is 15.8. The van der Waals surface area contributed by atoms with Crippen LogP contribution in [0, 0.1) is 0 Å². The molecule has 6 aromatic heterocycles. The Balaban J connectivity index is 0.000000134. The summed E-state index contributed by atoms with van der Waals surface area (Å²) < 4.78 is 15.9. The van der Waals surface area contributed by atoms with Crippen molar-refractivity contribution >= 4 is 223 Å². The lowest BCUT2D eigenvalue weighted by Gasteiger charge is -2.26. The third-order valence-corrected chi connectivity index (χ3v) is 26.3. The van der Waals surface area contributed by atoms with Gasteiger partial charge in [-0.15, -0.1) is 68.0 Å². The molecule has 0 saturated carbocycles. The molecule has 0 fully saturated rings. The molecule has 98 heavy (non-hydrogen) atoms. The summed E-state index contributed by atoms with van der Waals surface area (Å²) in [5.41, 5.74) is 14.2. The van der Waals surface area contributed by atoms with Crippen molar-refractivity contribution < 1.29 is 0 Å². The number of anilines is 6. The van der Waals surface area contributed by atoms with Crippen LogP contribution in [0.25, 0.3) is 154 Å². The fraction of sp³-hybridized carbons (Fsp3) is 0. The summed E-state index contributed by atoms with van der Waals surface area (Å²) in [5.74, 6) is 0. The minimum absolute atomic E-state index is 1.13. The number of rotatable bonds is 9. The molecule has 460 valence electrons. The zero-order valence-electron chi connectivity index (χ0n) is 52.5. The zero-order chi connectivity index (χ0) is 64.4. The molecular formula is C90H54N2S6. The first-order valence-electron chi connectivity index (χ1n) is 32.9. The van der Waals surface area contributed by atoms with Gasteiger partial charge >= 0.3 is 0 Å². The normalized spacial score (nSPS) is 11.9. The van der Waals surface area contributed by atoms with Crippen LogP contribution in [0.4, 0.5) is 34.1 Å². The fourth-order valence-electron chi connectivity index (χ4n) is 14.6. The van der Waals surface area contributed by atoms with Crippen LogP contribution in [0.1, 0.15) is 0 Å². The van der Waals surface area contributed by atoms with Gasteiger partial charge in [0.1, 0.15) is 0 Å². The monoisotopic (exact) mass is 1350 g/mol. The summed E-state index contributed by atoms with van der Waals surface area (Å²) in [6.07, 6.45) is 0. The second-order valence-electron chi connectivity index (χ2n) is 25.1. The second-order valence-corrected chi connectivity index (χ2v) is 31.6. The SMILES string of the molecule is c1ccc2c(c1)sc1ccc(-c3ccc(N(c4ccc(-c5ccc6sc7ccccc7c6c5)cc4)c4ccc5sc6ccccc6c5c4)cc3)cc12.c1ccc2c(c1)sc1ccc(-c3ccc(N(c4ccc5sc6ccccc6c5c4)c4ccc5sc6ccccc6c5c4)cc3)cc12. The zero-order valence-corrected chi connectivity index (χ0v) is 57.4. The summed E-state index contributed by atoms with van der Waals surface area (Å²) in [7, 11) is 0. The molecule has 15 aromatic carbocycles. The maximum absolute atomic E-state index is 2.41. The minimum Gasteiger partial charge on any atom is -0.310 e. The highest BCUT2D eigenvalue weighted by Gasteiger charge is 2.20. The van der Waals surface area contributed by atoms with Crippen LogP contribution in [0.2, 0.25) is 0 Å². The quantitative estimate of drug-likeness (QED) is 0.142. The number of hydrogen-bond acceptors (Lipinski definition) is 8. The van der Waals surface area contributed by atoms with Gasteiger partial charge in [0, 0.05) is 155 Å². The van der Waals surface area contributed by atoms with Crippen LogP contribution in [0.5, 0.6) is 0 Å². The number of benzene rings is 15. The van der Waals surface area contributed by atoms with Gasteiger partial charge in [-0.25, -0.2) is 0 Å². The Morgan fingerprint density at radius 3 is 0.551 bits per heavy atom. The van der Waals surface area contributed by atoms with E-state index in [9.17, 15) is 0 Å². The third-order valence-electron chi connectivity index (χ3n) is 19.4. The van der Waals surface area contributed by atoms with E-state index in [2.05, 4.69) is 337 Å². The molecule has 2 nitrogen and oxygen atoms in total. The van der Waals surface area contributed by atoms with E-state index in [1.54, 1.807) is 0 Å². The topological polar surface area (TPSA) is 6.48 Å². The lowest BCUT2D eigenvalue weighted by molar-refractivity contribution is 1.29. The van der Waals surface area contributed by atoms with Gasteiger partial charge in [-0.05, 0) is 197 Å². The van der Waals surface area contributed by atoms with Crippen molar-refractivity contribution in [1.29, 1.82) is 0 Å². The van der Waals surface area contributed by atoms with Crippen LogP contribution in [-0.4, -0.2) is 0 Å². The van der Waals surface area contributed by atoms with Gasteiger partial charge in [-0.1, -0.05) is 164 Å². The van der Waals surface area contributed by atoms with Gasteiger partial charge in [0.15, 0.2) is 0 Å². The average Bonchev–Trinajstić information content (AvgIpc) is 1.53. The molecule has 0 N–H and O–H groups in total. The predicted molar refractivity (Wildman–Crippen MR) is 436 cm³/mol. The Kier molecular flexibility index (Phi) is 13.8. The standard InChI is InChI=1S/C48H29NS3.C42H25NS3/c1-4-10-43-37(7-1)40-27-32(17-24-46(40)50-43)30-13-19-34(20-14-30)49(36-23-26-48-42(29-36)39-9-3-6-12-45(39)52-48)35-21-15-31(16-22-35)33-18-25-47-41(28-33)38-8-2-5-11-44(38)51-47;1-4-10-37-31(7-1)34-23-27(15-20-40(34)44-37)26-13-16-28(17-14-26)43(29-18-21-41-35(24-29)32-8-2-5-11-38(32)45-41)30-19-22-42-36(25-30)33-9-3-6-12-39(33)46-42/h1-29H;1-25H. The Hall–Kier alpha value is -10.8. The molecule has 0 unspecified atom stereocenters. The first-order chi connectivity index (χ1) is 48.5. The van der Waals surface area contributed by atoms with Crippen LogP contribution >= 0.6 is 68.0 Å². The maximum atomic E-state index is 2.41. The number of fused-ring (bicyclic) bond motifs is 18. The van der Waals surface area contributed by atoms with Crippen molar-refractivity contribution in [2.75, 3.05) is 9.80 Å². The smallest absolute Gasteiger partial charge is 0.0468 e. The van der Waals surface area contributed by atoms with E-state index in [1.807, 2.05) is 68.0 Å². The Labute approximate surface area is 588 Å². The molecule has 0 radical (unpaired) electrons. The Morgan fingerprint density at radius 2 is 0.306 bits per heavy atom. The number of nitrogens with zero attached hydrogens (tertiary/aromatic N) is 2. The van der Waals surface area contributed by atoms with Gasteiger partial charge in [-0.2, -0.15) is 0 Å². The lowest BCUT2D eigenvalue weighted by atomic mass is 10.0. The van der Waals surface area contributed by atoms with E-state index >= 15 is 0 Å². The number of hydrogen-bond donors (Lipinski definition) is 0. The highest BCUT2D eigenvalue weighted by Crippen LogP contribution is 2.47. The molecule has 0 spiro atoms. The van der Waals surface area contributed by atoms with Crippen LogP contribution in [0.15, 0.2) is 328 Å². The van der Waals surface area contributed by atoms with Crippen LogP contribution in [0.3, 0.4) is 0 Å². The van der Waals surface area contributed by atoms with Crippen LogP contribution < -0.4 is 9.80 Å². The van der Waals surface area contributed by atoms with E-state index < -0.39 is 0 Å². The van der Waals surface area contributed by atoms with Gasteiger partial charge in [0.25, 0.3) is 0 Å². The fourth-order valence-corrected chi connectivity index (χ4v) is 21.1. The molecule has 0 amide bonds. The van der Waals surface area contributed by atoms with E-state index in [-0.39, 0.29) is 0 Å². The molecule has 0 atom stereocenters. The van der Waals surface area contributed by atoms with E-state index in [0.29, 0.717) is 0 Å². The molecule has 0 aliphatic heterocycles. The summed E-state index contributed by atoms with van der Waals surface area (Å²) in [6.45, 7) is 0. The van der Waals surface area contributed by atoms with Gasteiger partial charge in [-0.3, -0.25) is 0 Å².